The highest BCUT2D eigenvalue weighted by atomic mass is 35.5. The van der Waals surface area contributed by atoms with Crippen molar-refractivity contribution in [3.05, 3.63) is 17.4 Å². The maximum atomic E-state index is 9.51. The van der Waals surface area contributed by atoms with E-state index in [0.29, 0.717) is 11.0 Å². The van der Waals surface area contributed by atoms with Gasteiger partial charge < -0.3 is 10.4 Å². The van der Waals surface area contributed by atoms with Crippen LogP contribution < -0.4 is 5.32 Å². The molecule has 0 bridgehead atoms. The highest BCUT2D eigenvalue weighted by Gasteiger charge is 2.31. The molecule has 1 aliphatic carbocycles. The predicted octanol–water partition coefficient (Wildman–Crippen LogP) is 2.24. The summed E-state index contributed by atoms with van der Waals surface area (Å²) in [6.07, 6.45) is 8.58. The number of halogens is 1. The second kappa shape index (κ2) is 4.97. The van der Waals surface area contributed by atoms with Gasteiger partial charge in [0.15, 0.2) is 0 Å². The molecule has 5 heteroatoms. The van der Waals surface area contributed by atoms with Crippen LogP contribution in [0.3, 0.4) is 0 Å². The zero-order chi connectivity index (χ0) is 11.4. The van der Waals surface area contributed by atoms with E-state index in [9.17, 15) is 5.11 Å². The lowest BCUT2D eigenvalue weighted by atomic mass is 9.82. The van der Waals surface area contributed by atoms with Crippen molar-refractivity contribution in [3.8, 4) is 0 Å². The molecule has 1 saturated carbocycles. The minimum Gasteiger partial charge on any atom is -0.394 e. The lowest BCUT2D eigenvalue weighted by molar-refractivity contribution is 0.172. The van der Waals surface area contributed by atoms with Crippen LogP contribution in [0.1, 0.15) is 32.1 Å². The molecule has 0 atom stereocenters. The van der Waals surface area contributed by atoms with Crippen LogP contribution in [0.25, 0.3) is 0 Å². The van der Waals surface area contributed by atoms with Crippen molar-refractivity contribution >= 4 is 17.5 Å². The molecule has 4 nitrogen and oxygen atoms in total. The predicted molar refractivity (Wildman–Crippen MR) is 63.6 cm³/mol. The van der Waals surface area contributed by atoms with Gasteiger partial charge >= 0.3 is 0 Å². The van der Waals surface area contributed by atoms with Gasteiger partial charge in [-0.2, -0.15) is 0 Å². The number of hydrogen-bond acceptors (Lipinski definition) is 4. The first kappa shape index (κ1) is 11.6. The first-order valence-electron chi connectivity index (χ1n) is 5.61. The molecule has 1 fully saturated rings. The third kappa shape index (κ3) is 2.62. The van der Waals surface area contributed by atoms with Gasteiger partial charge in [0.2, 0.25) is 5.95 Å². The summed E-state index contributed by atoms with van der Waals surface area (Å²) in [6, 6.07) is 0. The Morgan fingerprint density at radius 2 is 1.88 bits per heavy atom. The number of aliphatic hydroxyl groups is 1. The van der Waals surface area contributed by atoms with Crippen molar-refractivity contribution in [2.75, 3.05) is 11.9 Å². The summed E-state index contributed by atoms with van der Waals surface area (Å²) in [7, 11) is 0. The highest BCUT2D eigenvalue weighted by molar-refractivity contribution is 6.30. The molecule has 0 radical (unpaired) electrons. The van der Waals surface area contributed by atoms with E-state index in [4.69, 9.17) is 11.6 Å². The molecule has 1 aliphatic rings. The molecule has 2 N–H and O–H groups in total. The Kier molecular flexibility index (Phi) is 3.61. The van der Waals surface area contributed by atoms with Crippen molar-refractivity contribution in [3.63, 3.8) is 0 Å². The molecule has 1 aromatic rings. The van der Waals surface area contributed by atoms with E-state index < -0.39 is 0 Å². The summed E-state index contributed by atoms with van der Waals surface area (Å²) < 4.78 is 0. The number of nitrogens with one attached hydrogen (secondary N) is 1. The highest BCUT2D eigenvalue weighted by Crippen LogP contribution is 2.30. The smallest absolute Gasteiger partial charge is 0.223 e. The third-order valence-electron chi connectivity index (χ3n) is 3.11. The molecular weight excluding hydrogens is 226 g/mol. The largest absolute Gasteiger partial charge is 0.394 e. The molecular formula is C11H16ClN3O. The molecule has 0 aromatic carbocycles. The van der Waals surface area contributed by atoms with Crippen molar-refractivity contribution in [1.29, 1.82) is 0 Å². The van der Waals surface area contributed by atoms with Gasteiger partial charge in [-0.25, -0.2) is 9.97 Å². The van der Waals surface area contributed by atoms with E-state index >= 15 is 0 Å². The summed E-state index contributed by atoms with van der Waals surface area (Å²) in [5, 5.41) is 13.3. The second-order valence-corrected chi connectivity index (χ2v) is 4.79. The Morgan fingerprint density at radius 3 is 2.44 bits per heavy atom. The topological polar surface area (TPSA) is 58.0 Å². The van der Waals surface area contributed by atoms with Gasteiger partial charge in [0.1, 0.15) is 0 Å². The SMILES string of the molecule is OCC1(Nc2ncc(Cl)cn2)CCCCC1. The van der Waals surface area contributed by atoms with Gasteiger partial charge in [-0.1, -0.05) is 30.9 Å². The summed E-state index contributed by atoms with van der Waals surface area (Å²) in [5.74, 6) is 0.542. The Morgan fingerprint density at radius 1 is 1.25 bits per heavy atom. The van der Waals surface area contributed by atoms with E-state index in [1.807, 2.05) is 0 Å². The Labute approximate surface area is 100 Å². The minimum absolute atomic E-state index is 0.124. The molecule has 2 rings (SSSR count). The van der Waals surface area contributed by atoms with Gasteiger partial charge in [0.25, 0.3) is 0 Å². The fourth-order valence-electron chi connectivity index (χ4n) is 2.17. The maximum absolute atomic E-state index is 9.51. The quantitative estimate of drug-likeness (QED) is 0.852. The van der Waals surface area contributed by atoms with E-state index in [0.717, 1.165) is 25.7 Å². The van der Waals surface area contributed by atoms with Crippen molar-refractivity contribution in [2.45, 2.75) is 37.6 Å². The lowest BCUT2D eigenvalue weighted by Crippen LogP contribution is -2.44. The van der Waals surface area contributed by atoms with Gasteiger partial charge in [-0.05, 0) is 12.8 Å². The Balaban J connectivity index is 2.08. The van der Waals surface area contributed by atoms with Crippen molar-refractivity contribution < 1.29 is 5.11 Å². The van der Waals surface area contributed by atoms with E-state index in [-0.39, 0.29) is 12.1 Å². The fraction of sp³-hybridized carbons (Fsp3) is 0.636. The van der Waals surface area contributed by atoms with Gasteiger partial charge in [-0.3, -0.25) is 0 Å². The Hall–Kier alpha value is -0.870. The monoisotopic (exact) mass is 241 g/mol. The number of aromatic nitrogens is 2. The molecule has 0 amide bonds. The van der Waals surface area contributed by atoms with Crippen molar-refractivity contribution in [2.24, 2.45) is 0 Å². The van der Waals surface area contributed by atoms with Crippen LogP contribution in [0, 0.1) is 0 Å². The standard InChI is InChI=1S/C11H16ClN3O/c12-9-6-13-10(14-7-9)15-11(8-16)4-2-1-3-5-11/h6-7,16H,1-5,8H2,(H,13,14,15). The van der Waals surface area contributed by atoms with Crippen LogP contribution in [0.4, 0.5) is 5.95 Å². The molecule has 0 saturated heterocycles. The minimum atomic E-state index is -0.244. The van der Waals surface area contributed by atoms with Crippen LogP contribution in [0.2, 0.25) is 5.02 Å². The van der Waals surface area contributed by atoms with Crippen LogP contribution in [-0.2, 0) is 0 Å². The molecule has 0 aliphatic heterocycles. The van der Waals surface area contributed by atoms with E-state index in [1.54, 1.807) is 12.4 Å². The maximum Gasteiger partial charge on any atom is 0.223 e. The summed E-state index contributed by atoms with van der Waals surface area (Å²) in [6.45, 7) is 0.124. The molecule has 1 aromatic heterocycles. The first-order chi connectivity index (χ1) is 7.74. The number of nitrogens with zero attached hydrogens (tertiary/aromatic N) is 2. The van der Waals surface area contributed by atoms with Crippen LogP contribution >= 0.6 is 11.6 Å². The van der Waals surface area contributed by atoms with Crippen LogP contribution in [0.5, 0.6) is 0 Å². The number of aliphatic hydroxyl groups excluding tert-OH is 1. The van der Waals surface area contributed by atoms with E-state index in [1.165, 1.54) is 6.42 Å². The van der Waals surface area contributed by atoms with Crippen LogP contribution in [0.15, 0.2) is 12.4 Å². The average Bonchev–Trinajstić information content (AvgIpc) is 2.33. The third-order valence-corrected chi connectivity index (χ3v) is 3.31. The Bertz CT molecular complexity index is 336. The summed E-state index contributed by atoms with van der Waals surface area (Å²) >= 11 is 5.72. The first-order valence-corrected chi connectivity index (χ1v) is 5.98. The summed E-state index contributed by atoms with van der Waals surface area (Å²) in [4.78, 5) is 8.20. The molecule has 16 heavy (non-hydrogen) atoms. The second-order valence-electron chi connectivity index (χ2n) is 4.35. The lowest BCUT2D eigenvalue weighted by Gasteiger charge is -2.36. The average molecular weight is 242 g/mol. The van der Waals surface area contributed by atoms with Gasteiger partial charge in [0, 0.05) is 0 Å². The van der Waals surface area contributed by atoms with Crippen LogP contribution in [-0.4, -0.2) is 27.2 Å². The van der Waals surface area contributed by atoms with Gasteiger partial charge in [-0.15, -0.1) is 0 Å². The molecule has 0 spiro atoms. The van der Waals surface area contributed by atoms with Crippen molar-refractivity contribution in [1.82, 2.24) is 9.97 Å². The zero-order valence-electron chi connectivity index (χ0n) is 9.12. The summed E-state index contributed by atoms with van der Waals surface area (Å²) in [5.41, 5.74) is -0.244. The number of rotatable bonds is 3. The number of anilines is 1. The fourth-order valence-corrected chi connectivity index (χ4v) is 2.26. The number of hydrogen-bond donors (Lipinski definition) is 2. The zero-order valence-corrected chi connectivity index (χ0v) is 9.87. The molecule has 0 unspecified atom stereocenters. The normalized spacial score (nSPS) is 19.4. The van der Waals surface area contributed by atoms with E-state index in [2.05, 4.69) is 15.3 Å². The molecule has 1 heterocycles. The van der Waals surface area contributed by atoms with Gasteiger partial charge in [0.05, 0.1) is 29.6 Å². The molecule has 88 valence electrons.